The Labute approximate surface area is 207 Å². The van der Waals surface area contributed by atoms with E-state index in [1.54, 1.807) is 3.59 Å². The first-order valence-electron chi connectivity index (χ1n) is 14.1. The molecule has 1 fully saturated rings. The zero-order valence-corrected chi connectivity index (χ0v) is 27.0. The standard InChI is InChI=1S/C16H31O2Si.3C4H9.Sn/c1-16(2,3)19(4,5)18-13-9-12-15(17)14-10-7-6-8-11-14;3*1-3-4-2;/h12,14-15,17H,6-8,10-11,13H2,1-5H3;3*1,3-4H2,2H3;. The maximum atomic E-state index is 11.4. The van der Waals surface area contributed by atoms with Gasteiger partial charge in [0.05, 0.1) is 0 Å². The van der Waals surface area contributed by atoms with Crippen molar-refractivity contribution in [2.24, 2.45) is 5.92 Å². The summed E-state index contributed by atoms with van der Waals surface area (Å²) >= 11 is -2.63. The van der Waals surface area contributed by atoms with Crippen LogP contribution in [0.4, 0.5) is 0 Å². The van der Waals surface area contributed by atoms with Gasteiger partial charge in [0.15, 0.2) is 0 Å². The van der Waals surface area contributed by atoms with Crippen LogP contribution in [0.3, 0.4) is 0 Å². The summed E-state index contributed by atoms with van der Waals surface area (Å²) in [7, 11) is -1.82. The van der Waals surface area contributed by atoms with Crippen LogP contribution in [-0.4, -0.2) is 44.5 Å². The Morgan fingerprint density at radius 3 is 1.81 bits per heavy atom. The van der Waals surface area contributed by atoms with Crippen LogP contribution in [-0.2, 0) is 4.43 Å². The van der Waals surface area contributed by atoms with Gasteiger partial charge in [-0.2, -0.15) is 0 Å². The molecule has 1 N–H and O–H groups in total. The van der Waals surface area contributed by atoms with E-state index in [2.05, 4.69) is 60.7 Å². The molecule has 0 radical (unpaired) electrons. The SMILES string of the molecule is CCC[CH2][Sn]([CH2]CCC)([CH2]CCC)/[C](=C/C(O)C1CCCCC1)CO[Si](C)(C)C(C)(C)C. The summed E-state index contributed by atoms with van der Waals surface area (Å²) in [6.45, 7) is 19.7. The molecule has 1 unspecified atom stereocenters. The van der Waals surface area contributed by atoms with Crippen molar-refractivity contribution in [3.05, 3.63) is 9.67 Å². The van der Waals surface area contributed by atoms with Crippen LogP contribution in [0, 0.1) is 5.92 Å². The van der Waals surface area contributed by atoms with Crippen LogP contribution in [0.15, 0.2) is 9.67 Å². The van der Waals surface area contributed by atoms with Crippen LogP contribution >= 0.6 is 0 Å². The molecule has 1 saturated carbocycles. The van der Waals surface area contributed by atoms with E-state index in [9.17, 15) is 5.11 Å². The van der Waals surface area contributed by atoms with Crippen LogP contribution in [0.25, 0.3) is 0 Å². The molecular weight excluding hydrogens is 515 g/mol. The first kappa shape index (κ1) is 30.7. The van der Waals surface area contributed by atoms with Gasteiger partial charge in [-0.25, -0.2) is 0 Å². The maximum absolute atomic E-state index is 11.4. The Morgan fingerprint density at radius 1 is 0.938 bits per heavy atom. The van der Waals surface area contributed by atoms with E-state index >= 15 is 0 Å². The van der Waals surface area contributed by atoms with Crippen LogP contribution in [0.2, 0.25) is 31.4 Å². The normalized spacial score (nSPS) is 18.2. The number of aliphatic hydroxyl groups excluding tert-OH is 1. The molecule has 1 aliphatic carbocycles. The molecule has 190 valence electrons. The van der Waals surface area contributed by atoms with Gasteiger partial charge in [-0.1, -0.05) is 0 Å². The van der Waals surface area contributed by atoms with E-state index in [1.165, 1.54) is 83.9 Å². The molecule has 32 heavy (non-hydrogen) atoms. The predicted octanol–water partition coefficient (Wildman–Crippen LogP) is 9.26. The van der Waals surface area contributed by atoms with E-state index < -0.39 is 26.7 Å². The van der Waals surface area contributed by atoms with E-state index in [0.29, 0.717) is 5.92 Å². The van der Waals surface area contributed by atoms with Gasteiger partial charge in [-0.05, 0) is 0 Å². The summed E-state index contributed by atoms with van der Waals surface area (Å²) in [6.07, 6.45) is 16.4. The Morgan fingerprint density at radius 2 is 1.41 bits per heavy atom. The quantitative estimate of drug-likeness (QED) is 0.198. The number of hydrogen-bond donors (Lipinski definition) is 1. The summed E-state index contributed by atoms with van der Waals surface area (Å²) < 4.78 is 12.9. The molecule has 0 aromatic heterocycles. The van der Waals surface area contributed by atoms with Gasteiger partial charge in [-0.15, -0.1) is 0 Å². The zero-order chi connectivity index (χ0) is 24.3. The first-order valence-corrected chi connectivity index (χ1v) is 24.4. The van der Waals surface area contributed by atoms with E-state index in [4.69, 9.17) is 4.43 Å². The molecule has 0 bridgehead atoms. The van der Waals surface area contributed by atoms with Crippen molar-refractivity contribution in [2.75, 3.05) is 6.61 Å². The fourth-order valence-corrected chi connectivity index (χ4v) is 22.7. The zero-order valence-electron chi connectivity index (χ0n) is 23.2. The first-order chi connectivity index (χ1) is 15.0. The molecule has 4 heteroatoms. The molecule has 0 aliphatic heterocycles. The fraction of sp³-hybridized carbons (Fsp3) is 0.929. The molecule has 1 atom stereocenters. The molecule has 2 nitrogen and oxygen atoms in total. The molecule has 0 aromatic rings. The van der Waals surface area contributed by atoms with E-state index in [1.807, 2.05) is 0 Å². The third kappa shape index (κ3) is 9.74. The Bertz CT molecular complexity index is 510. The molecular formula is C28H58O2SiSn. The van der Waals surface area contributed by atoms with Crippen molar-refractivity contribution in [1.82, 2.24) is 0 Å². The fourth-order valence-electron chi connectivity index (χ4n) is 5.07. The van der Waals surface area contributed by atoms with Gasteiger partial charge in [0.2, 0.25) is 0 Å². The monoisotopic (exact) mass is 574 g/mol. The second-order valence-corrected chi connectivity index (χ2v) is 30.5. The predicted molar refractivity (Wildman–Crippen MR) is 149 cm³/mol. The van der Waals surface area contributed by atoms with Gasteiger partial charge >= 0.3 is 208 Å². The van der Waals surface area contributed by atoms with Crippen molar-refractivity contribution in [3.8, 4) is 0 Å². The molecule has 0 spiro atoms. The van der Waals surface area contributed by atoms with Crippen LogP contribution in [0.5, 0.6) is 0 Å². The Hall–Kier alpha value is 0.676. The minimum absolute atomic E-state index is 0.231. The third-order valence-corrected chi connectivity index (χ3v) is 29.1. The van der Waals surface area contributed by atoms with Crippen LogP contribution in [0.1, 0.15) is 112 Å². The molecule has 0 amide bonds. The Kier molecular flexibility index (Phi) is 14.3. The van der Waals surface area contributed by atoms with E-state index in [0.717, 1.165) is 6.61 Å². The number of aliphatic hydroxyl groups is 1. The molecule has 0 aromatic carbocycles. The summed E-state index contributed by atoms with van der Waals surface area (Å²) in [4.78, 5) is 0. The summed E-state index contributed by atoms with van der Waals surface area (Å²) in [6, 6.07) is 0. The van der Waals surface area contributed by atoms with Gasteiger partial charge in [0, 0.05) is 0 Å². The Balaban J connectivity index is 3.34. The third-order valence-electron chi connectivity index (χ3n) is 8.61. The van der Waals surface area contributed by atoms with Crippen molar-refractivity contribution in [3.63, 3.8) is 0 Å². The van der Waals surface area contributed by atoms with Crippen LogP contribution < -0.4 is 0 Å². The van der Waals surface area contributed by atoms with Gasteiger partial charge in [0.25, 0.3) is 0 Å². The molecule has 0 heterocycles. The number of rotatable bonds is 15. The van der Waals surface area contributed by atoms with Crippen molar-refractivity contribution < 1.29 is 9.53 Å². The summed E-state index contributed by atoms with van der Waals surface area (Å²) in [5, 5.41) is 11.6. The summed E-state index contributed by atoms with van der Waals surface area (Å²) in [5.74, 6) is 0.471. The number of unbranched alkanes of at least 4 members (excludes halogenated alkanes) is 3. The van der Waals surface area contributed by atoms with Crippen molar-refractivity contribution in [2.45, 2.75) is 150 Å². The van der Waals surface area contributed by atoms with Gasteiger partial charge < -0.3 is 0 Å². The topological polar surface area (TPSA) is 29.5 Å². The minimum atomic E-state index is -2.63. The van der Waals surface area contributed by atoms with E-state index in [-0.39, 0.29) is 11.1 Å². The van der Waals surface area contributed by atoms with Crippen molar-refractivity contribution in [1.29, 1.82) is 0 Å². The van der Waals surface area contributed by atoms with Gasteiger partial charge in [-0.3, -0.25) is 0 Å². The summed E-state index contributed by atoms with van der Waals surface area (Å²) in [5.41, 5.74) is 0. The molecule has 0 saturated heterocycles. The van der Waals surface area contributed by atoms with Gasteiger partial charge in [0.1, 0.15) is 0 Å². The van der Waals surface area contributed by atoms with Crippen molar-refractivity contribution >= 4 is 26.7 Å². The average Bonchev–Trinajstić information content (AvgIpc) is 2.76. The molecule has 1 rings (SSSR count). The second kappa shape index (κ2) is 14.9. The average molecular weight is 574 g/mol. The molecule has 1 aliphatic rings. The number of hydrogen-bond acceptors (Lipinski definition) is 2. The second-order valence-electron chi connectivity index (χ2n) is 12.2.